The molecule has 1 saturated heterocycles. The third kappa shape index (κ3) is 2.58. The zero-order valence-corrected chi connectivity index (χ0v) is 16.2. The van der Waals surface area contributed by atoms with Gasteiger partial charge in [0.05, 0.1) is 13.3 Å². The molecule has 4 aliphatic rings. The molecule has 1 aromatic rings. The molecule has 27 heavy (non-hydrogen) atoms. The van der Waals surface area contributed by atoms with E-state index in [2.05, 4.69) is 30.3 Å². The second-order valence-corrected chi connectivity index (χ2v) is 8.39. The van der Waals surface area contributed by atoms with Crippen molar-refractivity contribution in [3.8, 4) is 5.75 Å². The van der Waals surface area contributed by atoms with Crippen molar-refractivity contribution in [2.75, 3.05) is 7.11 Å². The first-order valence-corrected chi connectivity index (χ1v) is 9.32. The number of allylic oxidation sites excluding steroid dienone is 2. The summed E-state index contributed by atoms with van der Waals surface area (Å²) in [6.45, 7) is 6.26. The highest BCUT2D eigenvalue weighted by Gasteiger charge is 2.52. The Bertz CT molecular complexity index is 856. The maximum atomic E-state index is 13.0. The number of rotatable bonds is 4. The van der Waals surface area contributed by atoms with Gasteiger partial charge >= 0.3 is 6.03 Å². The van der Waals surface area contributed by atoms with Gasteiger partial charge in [-0.25, -0.2) is 4.79 Å². The number of amides is 3. The molecule has 6 heteroatoms. The predicted octanol–water partition coefficient (Wildman–Crippen LogP) is 3.44. The van der Waals surface area contributed by atoms with Crippen LogP contribution in [0.1, 0.15) is 39.2 Å². The van der Waals surface area contributed by atoms with Crippen molar-refractivity contribution in [3.05, 3.63) is 41.5 Å². The van der Waals surface area contributed by atoms with Gasteiger partial charge in [-0.3, -0.25) is 4.79 Å². The van der Waals surface area contributed by atoms with Gasteiger partial charge in [0, 0.05) is 0 Å². The first kappa shape index (κ1) is 17.8. The summed E-state index contributed by atoms with van der Waals surface area (Å²) in [5, 5.41) is 7.98. The smallest absolute Gasteiger partial charge is 0.346 e. The highest BCUT2D eigenvalue weighted by atomic mass is 16.5. The van der Waals surface area contributed by atoms with E-state index >= 15 is 0 Å². The number of ether oxygens (including phenoxy) is 1. The Kier molecular flexibility index (Phi) is 3.91. The quantitative estimate of drug-likeness (QED) is 0.655. The number of fused-ring (bicyclic) bond motifs is 1. The number of benzene rings is 1. The lowest BCUT2D eigenvalue weighted by molar-refractivity contribution is -0.131. The van der Waals surface area contributed by atoms with Crippen LogP contribution in [0.5, 0.6) is 5.75 Å². The second-order valence-electron chi connectivity index (χ2n) is 8.39. The Hall–Kier alpha value is -2.63. The van der Waals surface area contributed by atoms with E-state index in [9.17, 15) is 9.59 Å². The number of carbonyl (C=O) groups excluding carboxylic acids is 2. The molecule has 0 radical (unpaired) electrons. The lowest BCUT2D eigenvalue weighted by atomic mass is 9.49. The lowest BCUT2D eigenvalue weighted by Gasteiger charge is -2.55. The average Bonchev–Trinajstić information content (AvgIpc) is 2.89. The summed E-state index contributed by atoms with van der Waals surface area (Å²) in [5.41, 5.74) is 0.952. The molecule has 3 atom stereocenters. The minimum Gasteiger partial charge on any atom is -0.497 e. The van der Waals surface area contributed by atoms with E-state index in [1.807, 2.05) is 0 Å². The van der Waals surface area contributed by atoms with Crippen LogP contribution in [0.2, 0.25) is 0 Å². The SMILES string of the molecule is COc1ccc([C@@]2(C)NC(=O)N(/N=C\C3=CC[C@@H]4C[C@@H]3C4(C)C)C2=O)cc1. The Labute approximate surface area is 159 Å². The van der Waals surface area contributed by atoms with Crippen LogP contribution in [0.3, 0.4) is 0 Å². The van der Waals surface area contributed by atoms with Gasteiger partial charge in [0.2, 0.25) is 0 Å². The number of hydrogen-bond acceptors (Lipinski definition) is 4. The number of urea groups is 1. The number of carbonyl (C=O) groups is 2. The second kappa shape index (κ2) is 5.94. The molecule has 1 aromatic carbocycles. The normalized spacial score (nSPS) is 31.6. The molecule has 3 amide bonds. The van der Waals surface area contributed by atoms with Crippen LogP contribution in [0.25, 0.3) is 0 Å². The predicted molar refractivity (Wildman–Crippen MR) is 102 cm³/mol. The van der Waals surface area contributed by atoms with Gasteiger partial charge in [-0.15, -0.1) is 5.01 Å². The Balaban J connectivity index is 1.55. The van der Waals surface area contributed by atoms with Gasteiger partial charge in [-0.2, -0.15) is 5.10 Å². The first-order valence-electron chi connectivity index (χ1n) is 9.32. The molecule has 1 N–H and O–H groups in total. The molecule has 1 aliphatic heterocycles. The molecule has 6 nitrogen and oxygen atoms in total. The van der Waals surface area contributed by atoms with Crippen molar-refractivity contribution in [1.82, 2.24) is 10.3 Å². The van der Waals surface area contributed by atoms with Crippen LogP contribution in [-0.2, 0) is 10.3 Å². The van der Waals surface area contributed by atoms with Crippen LogP contribution >= 0.6 is 0 Å². The number of imide groups is 1. The Morgan fingerprint density at radius 3 is 2.52 bits per heavy atom. The lowest BCUT2D eigenvalue weighted by Crippen LogP contribution is -2.48. The van der Waals surface area contributed by atoms with Crippen LogP contribution < -0.4 is 10.1 Å². The number of hydrogen-bond donors (Lipinski definition) is 1. The van der Waals surface area contributed by atoms with E-state index in [4.69, 9.17) is 4.74 Å². The molecule has 1 saturated carbocycles. The summed E-state index contributed by atoms with van der Waals surface area (Å²) < 4.78 is 5.16. The van der Waals surface area contributed by atoms with E-state index in [0.717, 1.165) is 29.3 Å². The van der Waals surface area contributed by atoms with Gasteiger partial charge in [0.15, 0.2) is 0 Å². The summed E-state index contributed by atoms with van der Waals surface area (Å²) in [5.74, 6) is 1.50. The molecule has 2 bridgehead atoms. The zero-order chi connectivity index (χ0) is 19.4. The van der Waals surface area contributed by atoms with Crippen molar-refractivity contribution in [2.45, 2.75) is 39.2 Å². The summed E-state index contributed by atoms with van der Waals surface area (Å²) in [4.78, 5) is 25.4. The fourth-order valence-corrected chi connectivity index (χ4v) is 4.52. The van der Waals surface area contributed by atoms with Crippen molar-refractivity contribution in [2.24, 2.45) is 22.4 Å². The standard InChI is InChI=1S/C21H25N3O3/c1-20(2)15-6-5-13(17(20)11-15)12-22-24-18(25)21(3,23-19(24)26)14-7-9-16(27-4)10-8-14/h5,7-10,12,15,17H,6,11H2,1-4H3,(H,23,26)/b22-12-/t15-,17+,21-/m1/s1. The minimum absolute atomic E-state index is 0.269. The molecular weight excluding hydrogens is 342 g/mol. The number of nitrogens with one attached hydrogen (secondary N) is 1. The van der Waals surface area contributed by atoms with Crippen LogP contribution in [-0.4, -0.2) is 30.3 Å². The topological polar surface area (TPSA) is 71.0 Å². The van der Waals surface area contributed by atoms with Crippen molar-refractivity contribution in [3.63, 3.8) is 0 Å². The van der Waals surface area contributed by atoms with Gasteiger partial charge in [-0.1, -0.05) is 32.1 Å². The number of methoxy groups -OCH3 is 1. The fourth-order valence-electron chi connectivity index (χ4n) is 4.52. The summed E-state index contributed by atoms with van der Waals surface area (Å²) in [6.07, 6.45) is 6.08. The van der Waals surface area contributed by atoms with Crippen molar-refractivity contribution < 1.29 is 14.3 Å². The average molecular weight is 367 g/mol. The molecule has 1 heterocycles. The maximum absolute atomic E-state index is 13.0. The summed E-state index contributed by atoms with van der Waals surface area (Å²) >= 11 is 0. The van der Waals surface area contributed by atoms with Crippen LogP contribution in [0, 0.1) is 17.3 Å². The number of nitrogens with zero attached hydrogens (tertiary/aromatic N) is 2. The molecule has 0 spiro atoms. The van der Waals surface area contributed by atoms with Gasteiger partial charge in [0.25, 0.3) is 5.91 Å². The third-order valence-electron chi connectivity index (χ3n) is 6.67. The summed E-state index contributed by atoms with van der Waals surface area (Å²) in [7, 11) is 1.58. The van der Waals surface area contributed by atoms with E-state index in [-0.39, 0.29) is 11.3 Å². The Morgan fingerprint density at radius 1 is 1.22 bits per heavy atom. The highest BCUT2D eigenvalue weighted by Crippen LogP contribution is 2.58. The van der Waals surface area contributed by atoms with E-state index in [1.54, 1.807) is 44.5 Å². The molecule has 142 valence electrons. The van der Waals surface area contributed by atoms with Gasteiger partial charge < -0.3 is 10.1 Å². The largest absolute Gasteiger partial charge is 0.497 e. The molecule has 2 fully saturated rings. The zero-order valence-electron chi connectivity index (χ0n) is 16.2. The van der Waals surface area contributed by atoms with E-state index < -0.39 is 11.6 Å². The van der Waals surface area contributed by atoms with Crippen LogP contribution in [0.15, 0.2) is 41.0 Å². The van der Waals surface area contributed by atoms with Crippen molar-refractivity contribution >= 4 is 18.2 Å². The molecule has 0 unspecified atom stereocenters. The molecular formula is C21H25N3O3. The Morgan fingerprint density at radius 2 is 1.93 bits per heavy atom. The van der Waals surface area contributed by atoms with Gasteiger partial charge in [0.1, 0.15) is 11.3 Å². The summed E-state index contributed by atoms with van der Waals surface area (Å²) in [6, 6.07) is 6.61. The first-order chi connectivity index (χ1) is 12.8. The number of hydrazone groups is 1. The van der Waals surface area contributed by atoms with E-state index in [0.29, 0.717) is 17.2 Å². The van der Waals surface area contributed by atoms with Crippen molar-refractivity contribution in [1.29, 1.82) is 0 Å². The molecule has 5 rings (SSSR count). The third-order valence-corrected chi connectivity index (χ3v) is 6.67. The fraction of sp³-hybridized carbons (Fsp3) is 0.476. The molecule has 0 aromatic heterocycles. The van der Waals surface area contributed by atoms with Crippen LogP contribution in [0.4, 0.5) is 4.79 Å². The highest BCUT2D eigenvalue weighted by molar-refractivity contribution is 6.07. The monoisotopic (exact) mass is 367 g/mol. The van der Waals surface area contributed by atoms with E-state index in [1.165, 1.54) is 0 Å². The minimum atomic E-state index is -1.14. The van der Waals surface area contributed by atoms with Gasteiger partial charge in [-0.05, 0) is 60.3 Å². The maximum Gasteiger partial charge on any atom is 0.346 e. The molecule has 3 aliphatic carbocycles.